The van der Waals surface area contributed by atoms with E-state index in [4.69, 9.17) is 0 Å². The molecule has 0 heterocycles. The number of rotatable bonds is 6. The molecule has 0 saturated heterocycles. The lowest BCUT2D eigenvalue weighted by Crippen LogP contribution is -1.95. The lowest BCUT2D eigenvalue weighted by Gasteiger charge is -2.22. The fourth-order valence-electron chi connectivity index (χ4n) is 12.4. The lowest BCUT2D eigenvalue weighted by atomic mass is 9.81. The Morgan fingerprint density at radius 2 is 0.500 bits per heavy atom. The van der Waals surface area contributed by atoms with Crippen molar-refractivity contribution in [3.63, 3.8) is 0 Å². The molecule has 322 valence electrons. The topological polar surface area (TPSA) is 0 Å². The van der Waals surface area contributed by atoms with Crippen LogP contribution < -0.4 is 0 Å². The molecule has 0 radical (unpaired) electrons. The summed E-state index contributed by atoms with van der Waals surface area (Å²) in [6.07, 6.45) is 0. The van der Waals surface area contributed by atoms with Gasteiger partial charge in [-0.05, 0) is 179 Å². The second kappa shape index (κ2) is 15.2. The molecule has 2 aliphatic rings. The van der Waals surface area contributed by atoms with Gasteiger partial charge < -0.3 is 0 Å². The first-order chi connectivity index (χ1) is 34.8. The monoisotopic (exact) mass is 882 g/mol. The first-order valence-electron chi connectivity index (χ1n) is 24.4. The van der Waals surface area contributed by atoms with Gasteiger partial charge in [0.05, 0.1) is 0 Å². The first kappa shape index (κ1) is 38.9. The SMILES string of the molecule is c1ccc(-c2ccc3c(-c4ccccc4)c4c(c(-c5ccccc5)c3c2)-c2cccc3cc(-c5ccc6c(-c7ccccc7)c7c(c(-c8ccccc8)c6c5)-c5cccc6cccc-7c56)cc-4c23)cc1. The van der Waals surface area contributed by atoms with Crippen LogP contribution in [0.25, 0.3) is 154 Å². The van der Waals surface area contributed by atoms with E-state index in [0.29, 0.717) is 0 Å². The smallest absolute Gasteiger partial charge is 0.000720 e. The van der Waals surface area contributed by atoms with Gasteiger partial charge >= 0.3 is 0 Å². The zero-order valence-electron chi connectivity index (χ0n) is 38.2. The first-order valence-corrected chi connectivity index (χ1v) is 24.4. The molecular formula is C70H42. The summed E-state index contributed by atoms with van der Waals surface area (Å²) < 4.78 is 0. The van der Waals surface area contributed by atoms with Crippen molar-refractivity contribution in [2.24, 2.45) is 0 Å². The molecule has 70 heavy (non-hydrogen) atoms. The fourth-order valence-corrected chi connectivity index (χ4v) is 12.4. The molecule has 0 bridgehead atoms. The predicted octanol–water partition coefficient (Wildman–Crippen LogP) is 19.6. The van der Waals surface area contributed by atoms with E-state index >= 15 is 0 Å². The van der Waals surface area contributed by atoms with E-state index in [1.54, 1.807) is 0 Å². The molecule has 13 aromatic carbocycles. The van der Waals surface area contributed by atoms with Crippen LogP contribution in [0.2, 0.25) is 0 Å². The van der Waals surface area contributed by atoms with Gasteiger partial charge in [-0.1, -0.05) is 231 Å². The maximum atomic E-state index is 2.51. The Morgan fingerprint density at radius 1 is 0.157 bits per heavy atom. The molecular weight excluding hydrogens is 841 g/mol. The predicted molar refractivity (Wildman–Crippen MR) is 298 cm³/mol. The number of hydrogen-bond acceptors (Lipinski definition) is 0. The highest BCUT2D eigenvalue weighted by atomic mass is 14.4. The van der Waals surface area contributed by atoms with Gasteiger partial charge in [0, 0.05) is 0 Å². The molecule has 0 atom stereocenters. The summed E-state index contributed by atoms with van der Waals surface area (Å²) >= 11 is 0. The molecule has 0 spiro atoms. The summed E-state index contributed by atoms with van der Waals surface area (Å²) in [5.41, 5.74) is 25.3. The van der Waals surface area contributed by atoms with Crippen molar-refractivity contribution in [3.8, 4) is 111 Å². The number of hydrogen-bond donors (Lipinski definition) is 0. The molecule has 15 rings (SSSR count). The second-order valence-corrected chi connectivity index (χ2v) is 19.0. The third kappa shape index (κ3) is 5.65. The van der Waals surface area contributed by atoms with Crippen molar-refractivity contribution in [3.05, 3.63) is 255 Å². The number of fused-ring (bicyclic) bond motifs is 8. The van der Waals surface area contributed by atoms with E-state index in [0.717, 1.165) is 0 Å². The van der Waals surface area contributed by atoms with Crippen molar-refractivity contribution < 1.29 is 0 Å². The second-order valence-electron chi connectivity index (χ2n) is 19.0. The van der Waals surface area contributed by atoms with Crippen molar-refractivity contribution in [1.29, 1.82) is 0 Å². The van der Waals surface area contributed by atoms with Crippen molar-refractivity contribution in [2.45, 2.75) is 0 Å². The molecule has 0 nitrogen and oxygen atoms in total. The van der Waals surface area contributed by atoms with Crippen LogP contribution in [0.4, 0.5) is 0 Å². The van der Waals surface area contributed by atoms with E-state index < -0.39 is 0 Å². The average Bonchev–Trinajstić information content (AvgIpc) is 3.94. The van der Waals surface area contributed by atoms with Gasteiger partial charge in [0.25, 0.3) is 0 Å². The van der Waals surface area contributed by atoms with Crippen LogP contribution in [-0.4, -0.2) is 0 Å². The normalized spacial score (nSPS) is 12.0. The molecule has 0 amide bonds. The van der Waals surface area contributed by atoms with Gasteiger partial charge in [0.1, 0.15) is 0 Å². The van der Waals surface area contributed by atoms with Crippen molar-refractivity contribution in [2.75, 3.05) is 0 Å². The Labute approximate surface area is 407 Å². The Morgan fingerprint density at radius 3 is 0.929 bits per heavy atom. The summed E-state index contributed by atoms with van der Waals surface area (Å²) in [5.74, 6) is 0. The van der Waals surface area contributed by atoms with Crippen LogP contribution in [0, 0.1) is 0 Å². The summed E-state index contributed by atoms with van der Waals surface area (Å²) in [6, 6.07) is 95.1. The molecule has 0 aliphatic heterocycles. The zero-order chi connectivity index (χ0) is 45.9. The minimum absolute atomic E-state index is 1.20. The summed E-state index contributed by atoms with van der Waals surface area (Å²) in [5, 5.41) is 10.2. The van der Waals surface area contributed by atoms with Crippen molar-refractivity contribution in [1.82, 2.24) is 0 Å². The van der Waals surface area contributed by atoms with Crippen LogP contribution in [0.5, 0.6) is 0 Å². The Hall–Kier alpha value is -9.10. The molecule has 2 aliphatic carbocycles. The maximum Gasteiger partial charge on any atom is -0.000720 e. The zero-order valence-corrected chi connectivity index (χ0v) is 38.2. The highest BCUT2D eigenvalue weighted by Crippen LogP contribution is 2.60. The highest BCUT2D eigenvalue weighted by molar-refractivity contribution is 6.30. The van der Waals surface area contributed by atoms with Crippen LogP contribution in [0.3, 0.4) is 0 Å². The van der Waals surface area contributed by atoms with Gasteiger partial charge in [-0.3, -0.25) is 0 Å². The molecule has 0 aromatic heterocycles. The molecule has 0 heteroatoms. The standard InChI is InChI=1S/C70H42/c1-6-19-43(20-7-1)49-35-37-54-58(40-49)66(48-27-14-5-15-28-48)69-57-34-18-31-51-39-52(42-60(62(51)57)70(69)64(54)46-23-10-3-11-24-46)50-36-38-53-59(41-50)65(47-25-12-4-13-26-47)68-56-33-17-30-44-29-16-32-55(61(44)56)67(68)63(53)45-21-8-2-9-22-45/h1-42H. The van der Waals surface area contributed by atoms with Crippen LogP contribution in [0.1, 0.15) is 0 Å². The molecule has 0 fully saturated rings. The average molecular weight is 883 g/mol. The van der Waals surface area contributed by atoms with Gasteiger partial charge in [-0.2, -0.15) is 0 Å². The third-order valence-corrected chi connectivity index (χ3v) is 15.3. The van der Waals surface area contributed by atoms with E-state index in [9.17, 15) is 0 Å². The van der Waals surface area contributed by atoms with E-state index in [1.807, 2.05) is 0 Å². The van der Waals surface area contributed by atoms with Gasteiger partial charge in [0.2, 0.25) is 0 Å². The summed E-state index contributed by atoms with van der Waals surface area (Å²) in [6.45, 7) is 0. The quantitative estimate of drug-likeness (QED) is 0.156. The molecule has 0 unspecified atom stereocenters. The van der Waals surface area contributed by atoms with Crippen LogP contribution in [-0.2, 0) is 0 Å². The van der Waals surface area contributed by atoms with Crippen molar-refractivity contribution >= 4 is 43.1 Å². The minimum atomic E-state index is 1.20. The van der Waals surface area contributed by atoms with E-state index in [2.05, 4.69) is 255 Å². The largest absolute Gasteiger partial charge is 0.0622 e. The lowest BCUT2D eigenvalue weighted by molar-refractivity contribution is 1.60. The third-order valence-electron chi connectivity index (χ3n) is 15.3. The highest BCUT2D eigenvalue weighted by Gasteiger charge is 2.33. The number of benzene rings is 13. The molecule has 13 aromatic rings. The fraction of sp³-hybridized carbons (Fsp3) is 0. The molecule has 0 saturated carbocycles. The minimum Gasteiger partial charge on any atom is -0.0622 e. The van der Waals surface area contributed by atoms with E-state index in [-0.39, 0.29) is 0 Å². The maximum absolute atomic E-state index is 2.51. The Balaban J connectivity index is 1.04. The van der Waals surface area contributed by atoms with Crippen LogP contribution in [0.15, 0.2) is 255 Å². The Bertz CT molecular complexity index is 4280. The molecule has 0 N–H and O–H groups in total. The van der Waals surface area contributed by atoms with E-state index in [1.165, 1.54) is 154 Å². The van der Waals surface area contributed by atoms with Crippen LogP contribution >= 0.6 is 0 Å². The van der Waals surface area contributed by atoms with Gasteiger partial charge in [-0.15, -0.1) is 0 Å². The summed E-state index contributed by atoms with van der Waals surface area (Å²) in [4.78, 5) is 0. The summed E-state index contributed by atoms with van der Waals surface area (Å²) in [7, 11) is 0. The van der Waals surface area contributed by atoms with Gasteiger partial charge in [0.15, 0.2) is 0 Å². The Kier molecular flexibility index (Phi) is 8.46. The van der Waals surface area contributed by atoms with Gasteiger partial charge in [-0.25, -0.2) is 0 Å².